The first-order valence-corrected chi connectivity index (χ1v) is 5.05. The van der Waals surface area contributed by atoms with Gasteiger partial charge in [0.1, 0.15) is 16.6 Å². The molecule has 1 aromatic rings. The molecular formula is C8H8F3N3S. The summed E-state index contributed by atoms with van der Waals surface area (Å²) in [6.07, 6.45) is -2.89. The molecule has 0 saturated heterocycles. The Balaban J connectivity index is 3.25. The van der Waals surface area contributed by atoms with Crippen LogP contribution in [0.2, 0.25) is 0 Å². The van der Waals surface area contributed by atoms with Crippen LogP contribution in [0.5, 0.6) is 0 Å². The second-order valence-corrected chi connectivity index (χ2v) is 3.46. The molecular weight excluding hydrogens is 227 g/mol. The van der Waals surface area contributed by atoms with Crippen LogP contribution < -0.4 is 5.73 Å². The topological polar surface area (TPSA) is 62.8 Å². The van der Waals surface area contributed by atoms with Crippen LogP contribution in [0, 0.1) is 5.41 Å². The van der Waals surface area contributed by atoms with Gasteiger partial charge in [0.25, 0.3) is 0 Å². The number of nitrogen functional groups attached to an aromatic ring is 1. The zero-order chi connectivity index (χ0) is 11.6. The molecule has 7 heteroatoms. The molecule has 0 fully saturated rings. The summed E-state index contributed by atoms with van der Waals surface area (Å²) >= 11 is 1.02. The molecule has 0 amide bonds. The van der Waals surface area contributed by atoms with Crippen molar-refractivity contribution in [2.75, 3.05) is 6.26 Å². The van der Waals surface area contributed by atoms with Crippen molar-refractivity contribution in [2.45, 2.75) is 11.2 Å². The summed E-state index contributed by atoms with van der Waals surface area (Å²) in [4.78, 5) is 3.40. The zero-order valence-corrected chi connectivity index (χ0v) is 8.54. The van der Waals surface area contributed by atoms with Crippen LogP contribution in [-0.2, 0) is 6.18 Å². The number of thioether (sulfide) groups is 1. The second-order valence-electron chi connectivity index (χ2n) is 2.66. The van der Waals surface area contributed by atoms with Crippen molar-refractivity contribution in [1.82, 2.24) is 4.98 Å². The largest absolute Gasteiger partial charge is 0.433 e. The smallest absolute Gasteiger partial charge is 0.384 e. The average Bonchev–Trinajstić information content (AvgIpc) is 2.15. The third kappa shape index (κ3) is 2.62. The Morgan fingerprint density at radius 3 is 2.47 bits per heavy atom. The molecule has 15 heavy (non-hydrogen) atoms. The number of hydrogen-bond donors (Lipinski definition) is 2. The van der Waals surface area contributed by atoms with E-state index in [0.717, 1.165) is 23.9 Å². The monoisotopic (exact) mass is 235 g/mol. The lowest BCUT2D eigenvalue weighted by Gasteiger charge is -2.09. The maximum atomic E-state index is 12.3. The first-order valence-electron chi connectivity index (χ1n) is 3.83. The minimum atomic E-state index is -4.47. The lowest BCUT2D eigenvalue weighted by atomic mass is 10.2. The summed E-state index contributed by atoms with van der Waals surface area (Å²) in [6.45, 7) is 0. The third-order valence-electron chi connectivity index (χ3n) is 1.63. The molecule has 0 aromatic carbocycles. The molecule has 0 aliphatic heterocycles. The summed E-state index contributed by atoms with van der Waals surface area (Å²) in [6, 6.07) is 1.97. The Morgan fingerprint density at radius 1 is 1.47 bits per heavy atom. The molecule has 1 rings (SSSR count). The Kier molecular flexibility index (Phi) is 3.23. The molecule has 0 aliphatic carbocycles. The fraction of sp³-hybridized carbons (Fsp3) is 0.250. The number of alkyl halides is 3. The molecule has 0 spiro atoms. The van der Waals surface area contributed by atoms with E-state index in [0.29, 0.717) is 0 Å². The Morgan fingerprint density at radius 2 is 2.07 bits per heavy atom. The van der Waals surface area contributed by atoms with E-state index in [-0.39, 0.29) is 16.4 Å². The van der Waals surface area contributed by atoms with Gasteiger partial charge in [-0.2, -0.15) is 13.2 Å². The van der Waals surface area contributed by atoms with E-state index < -0.39 is 11.9 Å². The van der Waals surface area contributed by atoms with E-state index in [4.69, 9.17) is 11.1 Å². The van der Waals surface area contributed by atoms with Crippen molar-refractivity contribution >= 4 is 17.6 Å². The highest BCUT2D eigenvalue weighted by Gasteiger charge is 2.33. The predicted molar refractivity (Wildman–Crippen MR) is 52.0 cm³/mol. The predicted octanol–water partition coefficient (Wildman–Crippen LogP) is 2.11. The molecule has 3 N–H and O–H groups in total. The number of rotatable bonds is 2. The maximum Gasteiger partial charge on any atom is 0.433 e. The number of nitrogens with one attached hydrogen (secondary N) is 1. The van der Waals surface area contributed by atoms with Crippen LogP contribution in [0.1, 0.15) is 11.3 Å². The van der Waals surface area contributed by atoms with Gasteiger partial charge in [-0.15, -0.1) is 11.8 Å². The number of aromatic nitrogens is 1. The van der Waals surface area contributed by atoms with Crippen LogP contribution in [-0.4, -0.2) is 17.1 Å². The number of hydrogen-bond acceptors (Lipinski definition) is 3. The van der Waals surface area contributed by atoms with Crippen molar-refractivity contribution in [3.63, 3.8) is 0 Å². The quantitative estimate of drug-likeness (QED) is 0.469. The molecule has 1 aromatic heterocycles. The lowest BCUT2D eigenvalue weighted by molar-refractivity contribution is -0.141. The molecule has 3 nitrogen and oxygen atoms in total. The van der Waals surface area contributed by atoms with Crippen molar-refractivity contribution in [3.8, 4) is 0 Å². The standard InChI is InChI=1S/C8H8F3N3S/c1-15-7-4(6(12)13)2-3-5(14-7)8(9,10)11/h2-3H,1H3,(H3,12,13). The summed E-state index contributed by atoms with van der Waals surface area (Å²) in [5.74, 6) is -0.291. The lowest BCUT2D eigenvalue weighted by Crippen LogP contribution is -2.15. The van der Waals surface area contributed by atoms with Gasteiger partial charge < -0.3 is 5.73 Å². The number of halogens is 3. The van der Waals surface area contributed by atoms with E-state index >= 15 is 0 Å². The minimum absolute atomic E-state index is 0.109. The molecule has 0 saturated carbocycles. The molecule has 0 atom stereocenters. The van der Waals surface area contributed by atoms with Gasteiger partial charge in [0, 0.05) is 5.56 Å². The van der Waals surface area contributed by atoms with E-state index in [2.05, 4.69) is 4.98 Å². The van der Waals surface area contributed by atoms with E-state index in [1.165, 1.54) is 0 Å². The Labute approximate surface area is 88.4 Å². The molecule has 1 heterocycles. The highest BCUT2D eigenvalue weighted by molar-refractivity contribution is 7.98. The third-order valence-corrected chi connectivity index (χ3v) is 2.33. The second kappa shape index (κ2) is 4.09. The van der Waals surface area contributed by atoms with Gasteiger partial charge in [-0.25, -0.2) is 4.98 Å². The van der Waals surface area contributed by atoms with Crippen LogP contribution in [0.3, 0.4) is 0 Å². The van der Waals surface area contributed by atoms with E-state index in [9.17, 15) is 13.2 Å². The van der Waals surface area contributed by atoms with Gasteiger partial charge in [0.15, 0.2) is 0 Å². The van der Waals surface area contributed by atoms with Crippen LogP contribution in [0.25, 0.3) is 0 Å². The normalized spacial score (nSPS) is 11.5. The van der Waals surface area contributed by atoms with Gasteiger partial charge in [-0.1, -0.05) is 0 Å². The Bertz CT molecular complexity index is 389. The number of pyridine rings is 1. The first kappa shape index (κ1) is 11.8. The summed E-state index contributed by atoms with van der Waals surface area (Å²) in [5, 5.41) is 7.26. The summed E-state index contributed by atoms with van der Waals surface area (Å²) in [7, 11) is 0. The number of nitrogens with zero attached hydrogens (tertiary/aromatic N) is 1. The van der Waals surface area contributed by atoms with Crippen LogP contribution >= 0.6 is 11.8 Å². The molecule has 0 bridgehead atoms. The number of amidine groups is 1. The fourth-order valence-electron chi connectivity index (χ4n) is 0.959. The Hall–Kier alpha value is -1.24. The van der Waals surface area contributed by atoms with Gasteiger partial charge in [-0.05, 0) is 18.4 Å². The van der Waals surface area contributed by atoms with E-state index in [1.54, 1.807) is 6.26 Å². The maximum absolute atomic E-state index is 12.3. The average molecular weight is 235 g/mol. The van der Waals surface area contributed by atoms with Gasteiger partial charge in [-0.3, -0.25) is 5.41 Å². The summed E-state index contributed by atoms with van der Waals surface area (Å²) < 4.78 is 36.8. The van der Waals surface area contributed by atoms with Gasteiger partial charge in [0.05, 0.1) is 0 Å². The highest BCUT2D eigenvalue weighted by atomic mass is 32.2. The zero-order valence-electron chi connectivity index (χ0n) is 7.72. The van der Waals surface area contributed by atoms with E-state index in [1.807, 2.05) is 0 Å². The van der Waals surface area contributed by atoms with Crippen molar-refractivity contribution < 1.29 is 13.2 Å². The minimum Gasteiger partial charge on any atom is -0.384 e. The first-order chi connectivity index (χ1) is 6.86. The molecule has 0 aliphatic rings. The summed E-state index contributed by atoms with van der Waals surface area (Å²) in [5.41, 5.74) is 4.44. The SMILES string of the molecule is CSc1nc(C(F)(F)F)ccc1C(=N)N. The number of nitrogens with two attached hydrogens (primary N) is 1. The fourth-order valence-corrected chi connectivity index (χ4v) is 1.55. The van der Waals surface area contributed by atoms with Gasteiger partial charge >= 0.3 is 6.18 Å². The van der Waals surface area contributed by atoms with Crippen molar-refractivity contribution in [3.05, 3.63) is 23.4 Å². The van der Waals surface area contributed by atoms with Crippen LogP contribution in [0.4, 0.5) is 13.2 Å². The molecule has 0 unspecified atom stereocenters. The molecule has 0 radical (unpaired) electrons. The van der Waals surface area contributed by atoms with Crippen molar-refractivity contribution in [1.29, 1.82) is 5.41 Å². The van der Waals surface area contributed by atoms with Crippen molar-refractivity contribution in [2.24, 2.45) is 5.73 Å². The van der Waals surface area contributed by atoms with Crippen LogP contribution in [0.15, 0.2) is 17.2 Å². The highest BCUT2D eigenvalue weighted by Crippen LogP contribution is 2.30. The molecule has 82 valence electrons. The van der Waals surface area contributed by atoms with Gasteiger partial charge in [0.2, 0.25) is 0 Å².